The quantitative estimate of drug-likeness (QED) is 0.284. The lowest BCUT2D eigenvalue weighted by molar-refractivity contribution is -0.150. The minimum atomic E-state index is -5.75. The maximum atomic E-state index is 12.7. The number of fused-ring (bicyclic) bond motifs is 1. The topological polar surface area (TPSA) is 90.9 Å². The number of carbonyl (C=O) groups is 1. The Bertz CT molecular complexity index is 1270. The van der Waals surface area contributed by atoms with Crippen molar-refractivity contribution < 1.29 is 40.0 Å². The molecule has 1 saturated heterocycles. The minimum absolute atomic E-state index is 0.00347. The Morgan fingerprint density at radius 1 is 1.13 bits per heavy atom. The van der Waals surface area contributed by atoms with Gasteiger partial charge in [-0.3, -0.25) is 4.79 Å². The number of piperidine rings is 1. The first-order valence-corrected chi connectivity index (χ1v) is 14.6. The Labute approximate surface area is 227 Å². The molecule has 0 amide bonds. The highest BCUT2D eigenvalue weighted by molar-refractivity contribution is 7.88. The largest absolute Gasteiger partial charge is 0.534 e. The molecule has 0 radical (unpaired) electrons. The molecule has 1 aliphatic carbocycles. The fraction of sp³-hybridized carbons (Fsp3) is 0.536. The van der Waals surface area contributed by atoms with Crippen LogP contribution in [0.5, 0.6) is 11.5 Å². The lowest BCUT2D eigenvalue weighted by Crippen LogP contribution is -2.49. The first kappa shape index (κ1) is 29.2. The van der Waals surface area contributed by atoms with E-state index in [2.05, 4.69) is 15.6 Å². The molecule has 2 aromatic rings. The van der Waals surface area contributed by atoms with Crippen LogP contribution in [0, 0.1) is 12.8 Å². The molecule has 1 N–H and O–H groups in total. The summed E-state index contributed by atoms with van der Waals surface area (Å²) in [6, 6.07) is 12.2. The van der Waals surface area contributed by atoms with Gasteiger partial charge in [0.1, 0.15) is 17.1 Å². The van der Waals surface area contributed by atoms with E-state index in [1.165, 1.54) is 18.6 Å². The molecule has 39 heavy (non-hydrogen) atoms. The number of alkyl halides is 3. The Morgan fingerprint density at radius 2 is 1.85 bits per heavy atom. The van der Waals surface area contributed by atoms with E-state index in [-0.39, 0.29) is 17.8 Å². The van der Waals surface area contributed by atoms with Crippen molar-refractivity contribution in [2.45, 2.75) is 69.4 Å². The van der Waals surface area contributed by atoms with Crippen molar-refractivity contribution in [2.75, 3.05) is 19.7 Å². The maximum Gasteiger partial charge on any atom is 0.534 e. The van der Waals surface area contributed by atoms with Gasteiger partial charge in [-0.15, -0.1) is 0 Å². The van der Waals surface area contributed by atoms with Crippen LogP contribution in [0.2, 0.25) is 0 Å². The van der Waals surface area contributed by atoms with Gasteiger partial charge in [-0.25, -0.2) is 0 Å². The van der Waals surface area contributed by atoms with E-state index in [9.17, 15) is 26.4 Å². The maximum absolute atomic E-state index is 12.7. The second kappa shape index (κ2) is 11.8. The van der Waals surface area contributed by atoms with Crippen molar-refractivity contribution in [3.63, 3.8) is 0 Å². The molecule has 3 aliphatic rings. The van der Waals surface area contributed by atoms with Crippen LogP contribution < -0.4 is 14.2 Å². The Balaban J connectivity index is 0.000000333. The highest BCUT2D eigenvalue weighted by Gasteiger charge is 2.49. The number of rotatable bonds is 5. The van der Waals surface area contributed by atoms with Crippen LogP contribution in [-0.2, 0) is 19.6 Å². The van der Waals surface area contributed by atoms with Crippen molar-refractivity contribution in [1.29, 1.82) is 0 Å². The van der Waals surface area contributed by atoms with Gasteiger partial charge in [0.2, 0.25) is 0 Å². The number of carbonyl (C=O) groups excluding carboxylic acids is 1. The normalized spacial score (nSPS) is 20.5. The number of esters is 1. The number of halogens is 3. The van der Waals surface area contributed by atoms with Gasteiger partial charge < -0.3 is 19.0 Å². The van der Waals surface area contributed by atoms with Gasteiger partial charge in [-0.2, -0.15) is 21.6 Å². The molecular weight excluding hydrogens is 535 g/mol. The molecule has 5 rings (SSSR count). The number of benzene rings is 2. The Hall–Kier alpha value is -2.79. The second-order valence-electron chi connectivity index (χ2n) is 10.3. The number of nitrogens with one attached hydrogen (secondary N) is 1. The summed E-state index contributed by atoms with van der Waals surface area (Å²) in [5, 5.41) is 3.29. The van der Waals surface area contributed by atoms with Crippen LogP contribution in [-0.4, -0.2) is 45.2 Å². The van der Waals surface area contributed by atoms with E-state index in [1.54, 1.807) is 6.07 Å². The molecule has 214 valence electrons. The van der Waals surface area contributed by atoms with Crippen LogP contribution in [0.4, 0.5) is 13.2 Å². The molecule has 7 nitrogen and oxygen atoms in total. The second-order valence-corrected chi connectivity index (χ2v) is 11.8. The molecule has 11 heteroatoms. The summed E-state index contributed by atoms with van der Waals surface area (Å²) < 4.78 is 76.4. The standard InChI is InChI=1S/C21H22F3NO4S.C7H12O2/c1-14-3-2-4-15(11-14)18-13-20(7-9-25-10-8-20)28-19-12-16(5-6-17(18)19)29-30(26,27)21(22,23)24;1-2-9-7(8)6-4-3-5-6/h2-6,11-12,18,25H,7-10,13H2,1H3;6H,2-5H2,1H3. The molecule has 2 aliphatic heterocycles. The van der Waals surface area contributed by atoms with Crippen molar-refractivity contribution >= 4 is 16.1 Å². The third kappa shape index (κ3) is 6.87. The first-order valence-electron chi connectivity index (χ1n) is 13.2. The number of ether oxygens (including phenoxy) is 2. The zero-order valence-electron chi connectivity index (χ0n) is 22.1. The van der Waals surface area contributed by atoms with Gasteiger partial charge in [-0.1, -0.05) is 42.3 Å². The summed E-state index contributed by atoms with van der Waals surface area (Å²) in [7, 11) is -5.75. The molecule has 0 aromatic heterocycles. The Morgan fingerprint density at radius 3 is 2.44 bits per heavy atom. The predicted molar refractivity (Wildman–Crippen MR) is 139 cm³/mol. The predicted octanol–water partition coefficient (Wildman–Crippen LogP) is 5.61. The Kier molecular flexibility index (Phi) is 8.80. The molecular formula is C28H34F3NO6S. The van der Waals surface area contributed by atoms with Crippen LogP contribution in [0.15, 0.2) is 42.5 Å². The summed E-state index contributed by atoms with van der Waals surface area (Å²) in [6.07, 6.45) is 5.52. The third-order valence-electron chi connectivity index (χ3n) is 7.44. The summed E-state index contributed by atoms with van der Waals surface area (Å²) >= 11 is 0. The van der Waals surface area contributed by atoms with Gasteiger partial charge in [0, 0.05) is 17.5 Å². The highest BCUT2D eigenvalue weighted by atomic mass is 32.2. The van der Waals surface area contributed by atoms with E-state index >= 15 is 0 Å². The number of hydrogen-bond acceptors (Lipinski definition) is 7. The zero-order chi connectivity index (χ0) is 28.3. The molecule has 0 bridgehead atoms. The summed E-state index contributed by atoms with van der Waals surface area (Å²) in [5.74, 6) is 0.179. The van der Waals surface area contributed by atoms with E-state index in [1.807, 2.05) is 32.0 Å². The first-order chi connectivity index (χ1) is 18.4. The van der Waals surface area contributed by atoms with Crippen LogP contribution >= 0.6 is 0 Å². The van der Waals surface area contributed by atoms with Gasteiger partial charge >= 0.3 is 21.6 Å². The fourth-order valence-electron chi connectivity index (χ4n) is 5.15. The average molecular weight is 570 g/mol. The van der Waals surface area contributed by atoms with E-state index in [0.717, 1.165) is 61.9 Å². The summed E-state index contributed by atoms with van der Waals surface area (Å²) in [6.45, 7) is 5.91. The van der Waals surface area contributed by atoms with Gasteiger partial charge in [0.05, 0.1) is 12.5 Å². The molecule has 2 aromatic carbocycles. The number of hydrogen-bond donors (Lipinski definition) is 1. The molecule has 1 spiro atoms. The van der Waals surface area contributed by atoms with Crippen molar-refractivity contribution in [2.24, 2.45) is 5.92 Å². The summed E-state index contributed by atoms with van der Waals surface area (Å²) in [5.41, 5.74) is -2.95. The van der Waals surface area contributed by atoms with E-state index < -0.39 is 27.0 Å². The molecule has 1 atom stereocenters. The molecule has 1 unspecified atom stereocenters. The van der Waals surface area contributed by atoms with Crippen molar-refractivity contribution in [1.82, 2.24) is 5.32 Å². The van der Waals surface area contributed by atoms with E-state index in [4.69, 9.17) is 9.47 Å². The average Bonchev–Trinajstić information content (AvgIpc) is 2.82. The van der Waals surface area contributed by atoms with Gasteiger partial charge in [-0.05, 0) is 70.7 Å². The smallest absolute Gasteiger partial charge is 0.487 e. The van der Waals surface area contributed by atoms with Crippen LogP contribution in [0.25, 0.3) is 0 Å². The van der Waals surface area contributed by atoms with Crippen molar-refractivity contribution in [3.8, 4) is 11.5 Å². The minimum Gasteiger partial charge on any atom is -0.487 e. The van der Waals surface area contributed by atoms with Crippen LogP contribution in [0.3, 0.4) is 0 Å². The highest BCUT2D eigenvalue weighted by Crippen LogP contribution is 2.48. The summed E-state index contributed by atoms with van der Waals surface area (Å²) in [4.78, 5) is 10.8. The fourth-order valence-corrected chi connectivity index (χ4v) is 5.60. The lowest BCUT2D eigenvalue weighted by atomic mass is 9.75. The molecule has 1 saturated carbocycles. The molecule has 2 fully saturated rings. The third-order valence-corrected chi connectivity index (χ3v) is 8.42. The molecule has 2 heterocycles. The van der Waals surface area contributed by atoms with Crippen molar-refractivity contribution in [3.05, 3.63) is 59.2 Å². The zero-order valence-corrected chi connectivity index (χ0v) is 22.9. The van der Waals surface area contributed by atoms with E-state index in [0.29, 0.717) is 12.4 Å². The van der Waals surface area contributed by atoms with Gasteiger partial charge in [0.15, 0.2) is 0 Å². The van der Waals surface area contributed by atoms with Gasteiger partial charge in [0.25, 0.3) is 0 Å². The SMILES string of the molecule is CCOC(=O)C1CCC1.Cc1cccc(C2CC3(CCNCC3)Oc3cc(OS(=O)(=O)C(F)(F)F)ccc32)c1. The number of aryl methyl sites for hydroxylation is 1. The van der Waals surface area contributed by atoms with Crippen LogP contribution in [0.1, 0.15) is 68.1 Å². The monoisotopic (exact) mass is 569 g/mol. The lowest BCUT2D eigenvalue weighted by Gasteiger charge is -2.45.